The van der Waals surface area contributed by atoms with Crippen molar-refractivity contribution in [1.82, 2.24) is 0 Å². The second-order valence-electron chi connectivity index (χ2n) is 4.55. The second-order valence-corrected chi connectivity index (χ2v) is 4.55. The van der Waals surface area contributed by atoms with Gasteiger partial charge in [0, 0.05) is 12.2 Å². The number of fused-ring (bicyclic) bond motifs is 1. The predicted molar refractivity (Wildman–Crippen MR) is 67.8 cm³/mol. The summed E-state index contributed by atoms with van der Waals surface area (Å²) in [7, 11) is 0. The monoisotopic (exact) mass is 302 g/mol. The summed E-state index contributed by atoms with van der Waals surface area (Å²) >= 11 is 0. The van der Waals surface area contributed by atoms with Gasteiger partial charge in [0.2, 0.25) is 0 Å². The molecule has 0 fully saturated rings. The number of benzene rings is 1. The van der Waals surface area contributed by atoms with E-state index in [4.69, 9.17) is 14.6 Å². The topological polar surface area (TPSA) is 55.8 Å². The molecule has 0 amide bonds. The number of aryl methyl sites for hydroxylation is 1. The van der Waals surface area contributed by atoms with Crippen molar-refractivity contribution < 1.29 is 32.5 Å². The molecule has 0 aromatic heterocycles. The molecule has 1 N–H and O–H groups in total. The third kappa shape index (κ3) is 2.49. The first kappa shape index (κ1) is 15.4. The number of carbonyl (C=O) groups is 1. The molecule has 21 heavy (non-hydrogen) atoms. The molecule has 1 aliphatic rings. The minimum absolute atomic E-state index is 0.0728. The number of carboxylic acids is 1. The molecule has 0 saturated carbocycles. The minimum atomic E-state index is -5.03. The summed E-state index contributed by atoms with van der Waals surface area (Å²) in [6, 6.07) is 4.48. The summed E-state index contributed by atoms with van der Waals surface area (Å²) in [4.78, 5) is 11.3. The highest BCUT2D eigenvalue weighted by Crippen LogP contribution is 2.46. The standard InChI is InChI=1S/C14H13F3O4/c1-3-20-13(14(15,16)17)10(12(18)19)7-9-6-8(2)4-5-11(9)21-13/h4-7H,3H2,1-2H3,(H,18,19)/t13-/m0/s1. The third-order valence-corrected chi connectivity index (χ3v) is 3.02. The van der Waals surface area contributed by atoms with E-state index < -0.39 is 23.5 Å². The van der Waals surface area contributed by atoms with Gasteiger partial charge in [0.05, 0.1) is 0 Å². The Kier molecular flexibility index (Phi) is 3.71. The van der Waals surface area contributed by atoms with Crippen molar-refractivity contribution in [2.45, 2.75) is 25.8 Å². The molecule has 1 aliphatic heterocycles. The molecule has 0 saturated heterocycles. The number of ether oxygens (including phenoxy) is 2. The fourth-order valence-electron chi connectivity index (χ4n) is 2.14. The molecule has 0 unspecified atom stereocenters. The Morgan fingerprint density at radius 1 is 1.43 bits per heavy atom. The molecular weight excluding hydrogens is 289 g/mol. The molecule has 7 heteroatoms. The zero-order valence-electron chi connectivity index (χ0n) is 11.3. The average molecular weight is 302 g/mol. The van der Waals surface area contributed by atoms with Gasteiger partial charge in [-0.15, -0.1) is 0 Å². The van der Waals surface area contributed by atoms with E-state index in [0.717, 1.165) is 11.6 Å². The molecule has 1 aromatic carbocycles. The Hall–Kier alpha value is -2.02. The summed E-state index contributed by atoms with van der Waals surface area (Å²) < 4.78 is 49.9. The SMILES string of the molecule is CCO[C@]1(C(F)(F)F)Oc2ccc(C)cc2C=C1C(=O)O. The highest BCUT2D eigenvalue weighted by molar-refractivity contribution is 5.95. The van der Waals surface area contributed by atoms with Crippen molar-refractivity contribution in [2.24, 2.45) is 0 Å². The quantitative estimate of drug-likeness (QED) is 0.932. The van der Waals surface area contributed by atoms with E-state index in [2.05, 4.69) is 0 Å². The lowest BCUT2D eigenvalue weighted by Gasteiger charge is -2.38. The fraction of sp³-hybridized carbons (Fsp3) is 0.357. The van der Waals surface area contributed by atoms with E-state index in [-0.39, 0.29) is 17.9 Å². The third-order valence-electron chi connectivity index (χ3n) is 3.02. The smallest absolute Gasteiger partial charge is 0.460 e. The van der Waals surface area contributed by atoms with Crippen LogP contribution in [0.15, 0.2) is 23.8 Å². The maximum Gasteiger partial charge on any atom is 0.460 e. The number of alkyl halides is 3. The lowest BCUT2D eigenvalue weighted by molar-refractivity contribution is -0.332. The summed E-state index contributed by atoms with van der Waals surface area (Å²) in [6.07, 6.45) is -4.09. The Bertz CT molecular complexity index is 607. The molecule has 1 heterocycles. The van der Waals surface area contributed by atoms with E-state index in [1.165, 1.54) is 13.0 Å². The van der Waals surface area contributed by atoms with Gasteiger partial charge in [0.15, 0.2) is 0 Å². The molecule has 0 radical (unpaired) electrons. The van der Waals surface area contributed by atoms with Crippen LogP contribution in [0.3, 0.4) is 0 Å². The van der Waals surface area contributed by atoms with E-state index >= 15 is 0 Å². The summed E-state index contributed by atoms with van der Waals surface area (Å²) in [5, 5.41) is 9.13. The Labute approximate surface area is 118 Å². The maximum atomic E-state index is 13.4. The van der Waals surface area contributed by atoms with Crippen LogP contribution in [0.5, 0.6) is 5.75 Å². The van der Waals surface area contributed by atoms with Crippen molar-refractivity contribution in [2.75, 3.05) is 6.61 Å². The first-order valence-corrected chi connectivity index (χ1v) is 6.17. The van der Waals surface area contributed by atoms with E-state index in [1.54, 1.807) is 19.1 Å². The van der Waals surface area contributed by atoms with Crippen LogP contribution in [0.1, 0.15) is 18.1 Å². The van der Waals surface area contributed by atoms with E-state index in [9.17, 15) is 18.0 Å². The number of hydrogen-bond acceptors (Lipinski definition) is 3. The van der Waals surface area contributed by atoms with E-state index in [0.29, 0.717) is 0 Å². The number of hydrogen-bond donors (Lipinski definition) is 1. The molecule has 2 rings (SSSR count). The highest BCUT2D eigenvalue weighted by atomic mass is 19.4. The van der Waals surface area contributed by atoms with Crippen LogP contribution < -0.4 is 4.74 Å². The summed E-state index contributed by atoms with van der Waals surface area (Å²) in [5.74, 6) is -5.11. The van der Waals surface area contributed by atoms with Crippen LogP contribution in [0.25, 0.3) is 6.08 Å². The van der Waals surface area contributed by atoms with Crippen molar-refractivity contribution in [3.05, 3.63) is 34.9 Å². The van der Waals surface area contributed by atoms with Gasteiger partial charge in [0.25, 0.3) is 0 Å². The zero-order valence-corrected chi connectivity index (χ0v) is 11.3. The van der Waals surface area contributed by atoms with Crippen LogP contribution in [0, 0.1) is 6.92 Å². The maximum absolute atomic E-state index is 13.4. The lowest BCUT2D eigenvalue weighted by Crippen LogP contribution is -2.56. The Morgan fingerprint density at radius 3 is 2.62 bits per heavy atom. The van der Waals surface area contributed by atoms with Gasteiger partial charge in [-0.05, 0) is 32.1 Å². The van der Waals surface area contributed by atoms with Crippen LogP contribution in [-0.2, 0) is 9.53 Å². The minimum Gasteiger partial charge on any atom is -0.478 e. The predicted octanol–water partition coefficient (Wildman–Crippen LogP) is 3.15. The average Bonchev–Trinajstić information content (AvgIpc) is 2.37. The molecule has 0 bridgehead atoms. The number of rotatable bonds is 3. The van der Waals surface area contributed by atoms with Gasteiger partial charge in [-0.1, -0.05) is 11.6 Å². The molecule has 0 spiro atoms. The van der Waals surface area contributed by atoms with Crippen LogP contribution in [0.2, 0.25) is 0 Å². The summed E-state index contributed by atoms with van der Waals surface area (Å²) in [5.41, 5.74) is 0.0520. The highest BCUT2D eigenvalue weighted by Gasteiger charge is 2.65. The number of aliphatic carboxylic acids is 1. The molecule has 1 aromatic rings. The Morgan fingerprint density at radius 2 is 2.10 bits per heavy atom. The second kappa shape index (κ2) is 5.07. The first-order valence-electron chi connectivity index (χ1n) is 6.17. The Balaban J connectivity index is 2.68. The molecule has 4 nitrogen and oxygen atoms in total. The van der Waals surface area contributed by atoms with E-state index in [1.807, 2.05) is 0 Å². The van der Waals surface area contributed by atoms with Crippen molar-refractivity contribution in [3.8, 4) is 5.75 Å². The zero-order chi connectivity index (χ0) is 15.8. The number of carboxylic acid groups (broad SMARTS) is 1. The molecule has 1 atom stereocenters. The first-order chi connectivity index (χ1) is 9.71. The van der Waals surface area contributed by atoms with Gasteiger partial charge in [-0.3, -0.25) is 0 Å². The van der Waals surface area contributed by atoms with Gasteiger partial charge in [0.1, 0.15) is 11.3 Å². The van der Waals surface area contributed by atoms with Crippen LogP contribution >= 0.6 is 0 Å². The summed E-state index contributed by atoms with van der Waals surface area (Å²) in [6.45, 7) is 2.72. The van der Waals surface area contributed by atoms with Gasteiger partial charge in [-0.2, -0.15) is 13.2 Å². The molecular formula is C14H13F3O4. The molecule has 114 valence electrons. The van der Waals surface area contributed by atoms with Gasteiger partial charge >= 0.3 is 17.9 Å². The number of halogens is 3. The van der Waals surface area contributed by atoms with Crippen molar-refractivity contribution in [1.29, 1.82) is 0 Å². The van der Waals surface area contributed by atoms with Gasteiger partial charge < -0.3 is 14.6 Å². The van der Waals surface area contributed by atoms with Crippen molar-refractivity contribution >= 4 is 12.0 Å². The normalized spacial score (nSPS) is 21.3. The van der Waals surface area contributed by atoms with Crippen LogP contribution in [0.4, 0.5) is 13.2 Å². The fourth-order valence-corrected chi connectivity index (χ4v) is 2.14. The molecule has 0 aliphatic carbocycles. The van der Waals surface area contributed by atoms with Crippen LogP contribution in [-0.4, -0.2) is 29.6 Å². The lowest BCUT2D eigenvalue weighted by atomic mass is 9.97. The van der Waals surface area contributed by atoms with Crippen molar-refractivity contribution in [3.63, 3.8) is 0 Å². The van der Waals surface area contributed by atoms with Gasteiger partial charge in [-0.25, -0.2) is 4.79 Å². The largest absolute Gasteiger partial charge is 0.478 e.